The van der Waals surface area contributed by atoms with E-state index in [4.69, 9.17) is 5.73 Å². The van der Waals surface area contributed by atoms with Crippen molar-refractivity contribution >= 4 is 23.7 Å². The van der Waals surface area contributed by atoms with Gasteiger partial charge >= 0.3 is 5.97 Å². The van der Waals surface area contributed by atoms with E-state index in [9.17, 15) is 24.3 Å². The van der Waals surface area contributed by atoms with Gasteiger partial charge in [-0.1, -0.05) is 54.4 Å². The van der Waals surface area contributed by atoms with Crippen molar-refractivity contribution in [2.24, 2.45) is 23.5 Å². The molecule has 9 heteroatoms. The first-order chi connectivity index (χ1) is 13.0. The highest BCUT2D eigenvalue weighted by Gasteiger charge is 2.31. The van der Waals surface area contributed by atoms with Gasteiger partial charge in [0.2, 0.25) is 17.7 Å². The maximum absolute atomic E-state index is 12.5. The van der Waals surface area contributed by atoms with E-state index < -0.39 is 41.8 Å². The number of rotatable bonds is 12. The first-order valence-electron chi connectivity index (χ1n) is 9.81. The summed E-state index contributed by atoms with van der Waals surface area (Å²) in [6.45, 7) is 10.5. The maximum atomic E-state index is 12.5. The van der Waals surface area contributed by atoms with Gasteiger partial charge in [0.15, 0.2) is 0 Å². The summed E-state index contributed by atoms with van der Waals surface area (Å²) in [6.07, 6.45) is 1.32. The minimum atomic E-state index is -1.12. The van der Waals surface area contributed by atoms with Gasteiger partial charge in [0.1, 0.15) is 12.1 Å². The first-order valence-corrected chi connectivity index (χ1v) is 9.81. The number of hydrogen-bond donors (Lipinski definition) is 5. The zero-order chi connectivity index (χ0) is 22.0. The summed E-state index contributed by atoms with van der Waals surface area (Å²) in [5, 5.41) is 16.8. The van der Waals surface area contributed by atoms with Crippen LogP contribution in [0.1, 0.15) is 54.4 Å². The molecule has 5 atom stereocenters. The molecule has 6 N–H and O–H groups in total. The SMILES string of the molecule is CCC(C)C(N)C(=O)NCC(=O)NC(C(=O)NC(C(=O)O)C(C)CC)C(C)C. The fraction of sp³-hybridized carbons (Fsp3) is 0.789. The van der Waals surface area contributed by atoms with Crippen LogP contribution in [0.25, 0.3) is 0 Å². The third-order valence-corrected chi connectivity index (χ3v) is 5.03. The number of hydrogen-bond acceptors (Lipinski definition) is 5. The summed E-state index contributed by atoms with van der Waals surface area (Å²) in [7, 11) is 0. The van der Waals surface area contributed by atoms with Crippen molar-refractivity contribution < 1.29 is 24.3 Å². The summed E-state index contributed by atoms with van der Waals surface area (Å²) in [5.74, 6) is -3.22. The van der Waals surface area contributed by atoms with Crippen molar-refractivity contribution in [1.29, 1.82) is 0 Å². The highest BCUT2D eigenvalue weighted by Crippen LogP contribution is 2.10. The van der Waals surface area contributed by atoms with Gasteiger partial charge in [-0.3, -0.25) is 14.4 Å². The van der Waals surface area contributed by atoms with Crippen LogP contribution in [0.3, 0.4) is 0 Å². The van der Waals surface area contributed by atoms with E-state index >= 15 is 0 Å². The van der Waals surface area contributed by atoms with Crippen molar-refractivity contribution in [3.63, 3.8) is 0 Å². The van der Waals surface area contributed by atoms with Crippen LogP contribution < -0.4 is 21.7 Å². The molecule has 0 saturated carbocycles. The summed E-state index contributed by atoms with van der Waals surface area (Å²) in [5.41, 5.74) is 5.82. The van der Waals surface area contributed by atoms with Crippen LogP contribution in [0, 0.1) is 17.8 Å². The second-order valence-corrected chi connectivity index (χ2v) is 7.63. The smallest absolute Gasteiger partial charge is 0.326 e. The van der Waals surface area contributed by atoms with Crippen LogP contribution >= 0.6 is 0 Å². The summed E-state index contributed by atoms with van der Waals surface area (Å²) < 4.78 is 0. The predicted molar refractivity (Wildman–Crippen MR) is 106 cm³/mol. The Morgan fingerprint density at radius 1 is 0.857 bits per heavy atom. The summed E-state index contributed by atoms with van der Waals surface area (Å²) >= 11 is 0. The van der Waals surface area contributed by atoms with E-state index in [0.29, 0.717) is 6.42 Å². The lowest BCUT2D eigenvalue weighted by molar-refractivity contribution is -0.144. The van der Waals surface area contributed by atoms with Crippen LogP contribution in [-0.2, 0) is 19.2 Å². The number of carbonyl (C=O) groups is 4. The molecular weight excluding hydrogens is 364 g/mol. The molecule has 3 amide bonds. The highest BCUT2D eigenvalue weighted by molar-refractivity contribution is 5.92. The van der Waals surface area contributed by atoms with Crippen molar-refractivity contribution in [3.8, 4) is 0 Å². The van der Waals surface area contributed by atoms with Crippen molar-refractivity contribution in [3.05, 3.63) is 0 Å². The molecule has 0 saturated heterocycles. The molecule has 0 fully saturated rings. The molecule has 0 bridgehead atoms. The average Bonchev–Trinajstić information content (AvgIpc) is 2.65. The number of nitrogens with two attached hydrogens (primary N) is 1. The average molecular weight is 401 g/mol. The molecule has 0 rings (SSSR count). The van der Waals surface area contributed by atoms with Gasteiger partial charge in [-0.05, 0) is 17.8 Å². The number of nitrogens with one attached hydrogen (secondary N) is 3. The molecule has 0 aromatic carbocycles. The van der Waals surface area contributed by atoms with Gasteiger partial charge < -0.3 is 26.8 Å². The van der Waals surface area contributed by atoms with E-state index in [1.54, 1.807) is 20.8 Å². The Morgan fingerprint density at radius 2 is 1.39 bits per heavy atom. The fourth-order valence-electron chi connectivity index (χ4n) is 2.48. The topological polar surface area (TPSA) is 151 Å². The molecule has 0 aromatic heterocycles. The third-order valence-electron chi connectivity index (χ3n) is 5.03. The molecule has 0 aliphatic heterocycles. The Morgan fingerprint density at radius 3 is 1.82 bits per heavy atom. The number of carbonyl (C=O) groups excluding carboxylic acids is 3. The Bertz CT molecular complexity index is 552. The molecule has 162 valence electrons. The standard InChI is InChI=1S/C19H36N4O5/c1-7-11(5)14(20)17(25)21-9-13(24)22-15(10(3)4)18(26)23-16(19(27)28)12(6)8-2/h10-12,14-16H,7-9,20H2,1-6H3,(H,21,25)(H,22,24)(H,23,26)(H,27,28). The molecule has 28 heavy (non-hydrogen) atoms. The van der Waals surface area contributed by atoms with E-state index in [1.807, 2.05) is 20.8 Å². The monoisotopic (exact) mass is 400 g/mol. The molecule has 0 aromatic rings. The molecule has 0 spiro atoms. The Kier molecular flexibility index (Phi) is 11.4. The predicted octanol–water partition coefficient (Wildman–Crippen LogP) is 0.232. The Balaban J connectivity index is 4.88. The lowest BCUT2D eigenvalue weighted by Crippen LogP contribution is -2.56. The Hall–Kier alpha value is -2.16. The largest absolute Gasteiger partial charge is 0.480 e. The van der Waals surface area contributed by atoms with E-state index in [2.05, 4.69) is 16.0 Å². The van der Waals surface area contributed by atoms with Gasteiger partial charge in [0, 0.05) is 0 Å². The fourth-order valence-corrected chi connectivity index (χ4v) is 2.48. The third kappa shape index (κ3) is 8.24. The van der Waals surface area contributed by atoms with Crippen LogP contribution in [0.4, 0.5) is 0 Å². The van der Waals surface area contributed by atoms with Gasteiger partial charge in [0.25, 0.3) is 0 Å². The molecule has 0 radical (unpaired) electrons. The maximum Gasteiger partial charge on any atom is 0.326 e. The molecule has 5 unspecified atom stereocenters. The second-order valence-electron chi connectivity index (χ2n) is 7.63. The van der Waals surface area contributed by atoms with E-state index in [-0.39, 0.29) is 24.3 Å². The van der Waals surface area contributed by atoms with Gasteiger partial charge in [-0.15, -0.1) is 0 Å². The zero-order valence-electron chi connectivity index (χ0n) is 17.7. The Labute approximate surface area is 167 Å². The molecule has 0 aliphatic rings. The summed E-state index contributed by atoms with van der Waals surface area (Å²) in [4.78, 5) is 48.1. The van der Waals surface area contributed by atoms with Crippen LogP contribution in [0.15, 0.2) is 0 Å². The van der Waals surface area contributed by atoms with Gasteiger partial charge in [0.05, 0.1) is 12.6 Å². The molecule has 0 heterocycles. The lowest BCUT2D eigenvalue weighted by atomic mass is 9.97. The molecular formula is C19H36N4O5. The van der Waals surface area contributed by atoms with Crippen LogP contribution in [0.5, 0.6) is 0 Å². The van der Waals surface area contributed by atoms with E-state index in [1.165, 1.54) is 0 Å². The van der Waals surface area contributed by atoms with Gasteiger partial charge in [-0.25, -0.2) is 4.79 Å². The van der Waals surface area contributed by atoms with Crippen molar-refractivity contribution in [2.45, 2.75) is 72.5 Å². The van der Waals surface area contributed by atoms with E-state index in [0.717, 1.165) is 6.42 Å². The quantitative estimate of drug-likeness (QED) is 0.316. The normalized spacial score (nSPS) is 16.4. The van der Waals surface area contributed by atoms with Gasteiger partial charge in [-0.2, -0.15) is 0 Å². The summed E-state index contributed by atoms with van der Waals surface area (Å²) in [6, 6.07) is -2.67. The number of amides is 3. The minimum absolute atomic E-state index is 0.0224. The number of aliphatic carboxylic acids is 1. The minimum Gasteiger partial charge on any atom is -0.480 e. The number of carboxylic acids is 1. The van der Waals surface area contributed by atoms with Crippen LogP contribution in [-0.4, -0.2) is 53.5 Å². The first kappa shape index (κ1) is 25.8. The van der Waals surface area contributed by atoms with Crippen molar-refractivity contribution in [1.82, 2.24) is 16.0 Å². The highest BCUT2D eigenvalue weighted by atomic mass is 16.4. The zero-order valence-corrected chi connectivity index (χ0v) is 17.7. The van der Waals surface area contributed by atoms with Crippen LogP contribution in [0.2, 0.25) is 0 Å². The number of carboxylic acid groups (broad SMARTS) is 1. The lowest BCUT2D eigenvalue weighted by Gasteiger charge is -2.26. The van der Waals surface area contributed by atoms with Crippen molar-refractivity contribution in [2.75, 3.05) is 6.54 Å². The molecule has 0 aliphatic carbocycles. The second kappa shape index (κ2) is 12.3. The molecule has 9 nitrogen and oxygen atoms in total.